The molecule has 0 aliphatic heterocycles. The van der Waals surface area contributed by atoms with Gasteiger partial charge in [0.05, 0.1) is 0 Å². The second-order valence-corrected chi connectivity index (χ2v) is 20.5. The van der Waals surface area contributed by atoms with Crippen molar-refractivity contribution in [2.45, 2.75) is 39.3 Å². The number of hydrogen-bond donors (Lipinski definition) is 0. The Morgan fingerprint density at radius 3 is 1.39 bits per heavy atom. The first-order valence-corrected chi connectivity index (χ1v) is 21.2. The van der Waals surface area contributed by atoms with E-state index in [9.17, 15) is 0 Å². The van der Waals surface area contributed by atoms with Gasteiger partial charge in [0.15, 0.2) is 0 Å². The van der Waals surface area contributed by atoms with Crippen molar-refractivity contribution in [1.82, 2.24) is 4.90 Å². The third-order valence-electron chi connectivity index (χ3n) is 10.6. The van der Waals surface area contributed by atoms with E-state index in [0.29, 0.717) is 6.61 Å². The molecule has 54 heavy (non-hydrogen) atoms. The average Bonchev–Trinajstić information content (AvgIpc) is 3.18. The molecular weight excluding hydrogens is 674 g/mol. The second-order valence-electron chi connectivity index (χ2n) is 15.9. The molecule has 276 valence electrons. The summed E-state index contributed by atoms with van der Waals surface area (Å²) in [7, 11) is 1.55. The summed E-state index contributed by atoms with van der Waals surface area (Å²) in [6.07, 6.45) is 5.86. The molecule has 0 amide bonds. The summed E-state index contributed by atoms with van der Waals surface area (Å²) in [5, 5.41) is 4.25. The van der Waals surface area contributed by atoms with Gasteiger partial charge in [-0.1, -0.05) is 0 Å². The van der Waals surface area contributed by atoms with E-state index in [-0.39, 0.29) is 10.6 Å². The number of likely N-dealkylation sites (N-methyl/N-ethyl adjacent to an activating group) is 1. The zero-order valence-electron chi connectivity index (χ0n) is 32.9. The van der Waals surface area contributed by atoms with Gasteiger partial charge < -0.3 is 4.90 Å². The molecule has 0 saturated carbocycles. The normalized spacial score (nSPS) is 13.2. The van der Waals surface area contributed by atoms with E-state index >= 15 is 0 Å². The summed E-state index contributed by atoms with van der Waals surface area (Å²) in [5.74, 6) is 0.885. The zero-order chi connectivity index (χ0) is 38.0. The molecule has 2 nitrogen and oxygen atoms in total. The van der Waals surface area contributed by atoms with Crippen molar-refractivity contribution < 1.29 is 4.74 Å². The van der Waals surface area contributed by atoms with Crippen molar-refractivity contribution in [1.29, 1.82) is 0 Å². The summed E-state index contributed by atoms with van der Waals surface area (Å²) < 4.78 is 6.10. The van der Waals surface area contributed by atoms with Crippen LogP contribution in [-0.2, 0) is 0 Å². The first kappa shape index (κ1) is 38.7. The Kier molecular flexibility index (Phi) is 12.5. The standard InChI is InChI=1S/C51H56NOP/c1-50(2,40-51(3,4)54(45-26-16-9-17-27-45,46-28-18-10-19-29-46)47-30-20-11-21-31-47)37-36-48(41-22-12-7-13-23-41)49(42-24-14-8-15-25-42)43-32-34-44(35-33-43)53-39-38-52(5)6/h7-37,54H,38-40H2,1-6H3/b37-36+,49-48-. The van der Waals surface area contributed by atoms with E-state index in [1.807, 2.05) is 0 Å². The molecule has 0 bridgehead atoms. The fraction of sp³-hybridized carbons (Fsp3) is 0.216. The first-order chi connectivity index (χ1) is 26.1. The molecule has 0 aromatic heterocycles. The number of ether oxygens (including phenoxy) is 1. The molecule has 0 spiro atoms. The van der Waals surface area contributed by atoms with Gasteiger partial charge in [-0.3, -0.25) is 0 Å². The topological polar surface area (TPSA) is 12.5 Å². The predicted octanol–water partition coefficient (Wildman–Crippen LogP) is 11.1. The van der Waals surface area contributed by atoms with E-state index < -0.39 is 7.26 Å². The third kappa shape index (κ3) is 8.85. The van der Waals surface area contributed by atoms with Crippen LogP contribution in [0.3, 0.4) is 0 Å². The first-order valence-electron chi connectivity index (χ1n) is 19.2. The van der Waals surface area contributed by atoms with Gasteiger partial charge in [0.1, 0.15) is 6.61 Å². The molecular formula is C51H56NOP. The fourth-order valence-corrected chi connectivity index (χ4v) is 14.6. The maximum atomic E-state index is 6.10. The SMILES string of the molecule is CN(C)CCOc1ccc(/C(=C(/C=C/C(C)(C)CC(C)(C)[PH](c2ccccc2)(c2ccccc2)c2ccccc2)c2ccccc2)c2ccccc2)cc1. The molecule has 6 aromatic carbocycles. The molecule has 0 heterocycles. The second kappa shape index (κ2) is 17.4. The number of rotatable bonds is 15. The minimum absolute atomic E-state index is 0.0772. The van der Waals surface area contributed by atoms with E-state index in [1.54, 1.807) is 0 Å². The van der Waals surface area contributed by atoms with Crippen LogP contribution >= 0.6 is 7.26 Å². The number of allylic oxidation sites excluding steroid dienone is 3. The molecule has 6 rings (SSSR count). The van der Waals surface area contributed by atoms with Crippen LogP contribution in [0.15, 0.2) is 188 Å². The van der Waals surface area contributed by atoms with Crippen LogP contribution in [0.1, 0.15) is 50.8 Å². The third-order valence-corrected chi connectivity index (χ3v) is 16.4. The van der Waals surface area contributed by atoms with Gasteiger partial charge >= 0.3 is 294 Å². The molecule has 0 aliphatic rings. The monoisotopic (exact) mass is 729 g/mol. The molecule has 0 atom stereocenters. The van der Waals surface area contributed by atoms with Gasteiger partial charge in [-0.15, -0.1) is 0 Å². The van der Waals surface area contributed by atoms with Gasteiger partial charge in [-0.2, -0.15) is 0 Å². The Morgan fingerprint density at radius 1 is 0.537 bits per heavy atom. The Bertz CT molecular complexity index is 2010. The van der Waals surface area contributed by atoms with Crippen molar-refractivity contribution in [3.8, 4) is 5.75 Å². The van der Waals surface area contributed by atoms with Crippen LogP contribution in [0.4, 0.5) is 0 Å². The Hall–Kier alpha value is -5.01. The van der Waals surface area contributed by atoms with E-state index in [4.69, 9.17) is 4.74 Å². The van der Waals surface area contributed by atoms with E-state index in [2.05, 4.69) is 235 Å². The fourth-order valence-electron chi connectivity index (χ4n) is 8.46. The number of hydrogen-bond acceptors (Lipinski definition) is 2. The molecule has 0 unspecified atom stereocenters. The predicted molar refractivity (Wildman–Crippen MR) is 237 cm³/mol. The van der Waals surface area contributed by atoms with E-state index in [1.165, 1.54) is 38.2 Å². The quantitative estimate of drug-likeness (QED) is 0.0593. The van der Waals surface area contributed by atoms with Gasteiger partial charge in [-0.05, 0) is 14.1 Å². The van der Waals surface area contributed by atoms with Gasteiger partial charge in [0.25, 0.3) is 0 Å². The molecule has 6 aromatic rings. The van der Waals surface area contributed by atoms with Gasteiger partial charge in [-0.25, -0.2) is 0 Å². The summed E-state index contributed by atoms with van der Waals surface area (Å²) in [5.41, 5.74) is 5.79. The molecule has 0 radical (unpaired) electrons. The van der Waals surface area contributed by atoms with Crippen molar-refractivity contribution in [3.05, 3.63) is 205 Å². The number of benzene rings is 6. The van der Waals surface area contributed by atoms with Gasteiger partial charge in [0.2, 0.25) is 0 Å². The number of nitrogens with zero attached hydrogens (tertiary/aromatic N) is 1. The van der Waals surface area contributed by atoms with E-state index in [0.717, 1.165) is 24.3 Å². The Balaban J connectivity index is 1.47. The molecule has 0 saturated heterocycles. The van der Waals surface area contributed by atoms with Crippen LogP contribution in [-0.4, -0.2) is 37.3 Å². The maximum absolute atomic E-state index is 6.10. The molecule has 3 heteroatoms. The van der Waals surface area contributed by atoms with Crippen molar-refractivity contribution in [3.63, 3.8) is 0 Å². The summed E-state index contributed by atoms with van der Waals surface area (Å²) >= 11 is 0. The summed E-state index contributed by atoms with van der Waals surface area (Å²) in [6, 6.07) is 64.2. The molecule has 0 N–H and O–H groups in total. The van der Waals surface area contributed by atoms with Crippen LogP contribution in [0, 0.1) is 5.41 Å². The van der Waals surface area contributed by atoms with Gasteiger partial charge in [0, 0.05) is 6.54 Å². The Labute approximate surface area is 325 Å². The summed E-state index contributed by atoms with van der Waals surface area (Å²) in [6.45, 7) is 11.4. The Morgan fingerprint density at radius 2 is 0.944 bits per heavy atom. The molecule has 0 aliphatic carbocycles. The minimum atomic E-state index is -2.59. The van der Waals surface area contributed by atoms with Crippen molar-refractivity contribution >= 4 is 34.3 Å². The molecule has 0 fully saturated rings. The average molecular weight is 730 g/mol. The van der Waals surface area contributed by atoms with Crippen LogP contribution in [0.5, 0.6) is 5.75 Å². The van der Waals surface area contributed by atoms with Crippen molar-refractivity contribution in [2.75, 3.05) is 27.2 Å². The van der Waals surface area contributed by atoms with Crippen molar-refractivity contribution in [2.24, 2.45) is 5.41 Å². The van der Waals surface area contributed by atoms with Crippen LogP contribution in [0.25, 0.3) is 11.1 Å². The zero-order valence-corrected chi connectivity index (χ0v) is 33.9. The van der Waals surface area contributed by atoms with Crippen LogP contribution in [0.2, 0.25) is 0 Å². The summed E-state index contributed by atoms with van der Waals surface area (Å²) in [4.78, 5) is 2.14. The van der Waals surface area contributed by atoms with Crippen LogP contribution < -0.4 is 20.7 Å².